The molecular weight excluding hydrogens is 354 g/mol. The quantitative estimate of drug-likeness (QED) is 0.532. The summed E-state index contributed by atoms with van der Waals surface area (Å²) < 4.78 is 0. The number of aromatic nitrogens is 1. The van der Waals surface area contributed by atoms with Gasteiger partial charge >= 0.3 is 0 Å². The van der Waals surface area contributed by atoms with E-state index >= 15 is 0 Å². The molecule has 0 saturated heterocycles. The summed E-state index contributed by atoms with van der Waals surface area (Å²) in [5, 5.41) is 14.1. The van der Waals surface area contributed by atoms with E-state index in [2.05, 4.69) is 37.9 Å². The van der Waals surface area contributed by atoms with Gasteiger partial charge in [0.1, 0.15) is 0 Å². The molecule has 0 spiro atoms. The fourth-order valence-electron chi connectivity index (χ4n) is 3.66. The molecule has 2 aromatic carbocycles. The summed E-state index contributed by atoms with van der Waals surface area (Å²) in [5.74, 6) is 0.625. The summed E-state index contributed by atoms with van der Waals surface area (Å²) >= 11 is 6.65. The van der Waals surface area contributed by atoms with E-state index in [4.69, 9.17) is 11.6 Å². The van der Waals surface area contributed by atoms with Gasteiger partial charge in [-0.05, 0) is 58.4 Å². The lowest BCUT2D eigenvalue weighted by atomic mass is 9.84. The summed E-state index contributed by atoms with van der Waals surface area (Å²) in [6.45, 7) is 6.46. The molecule has 0 aliphatic rings. The van der Waals surface area contributed by atoms with Crippen molar-refractivity contribution in [1.82, 2.24) is 4.98 Å². The van der Waals surface area contributed by atoms with Crippen LogP contribution in [0.3, 0.4) is 0 Å². The highest BCUT2D eigenvalue weighted by atomic mass is 35.5. The Labute approximate surface area is 166 Å². The fourth-order valence-corrected chi connectivity index (χ4v) is 3.94. The van der Waals surface area contributed by atoms with Crippen LogP contribution in [-0.4, -0.2) is 16.2 Å². The van der Waals surface area contributed by atoms with Crippen molar-refractivity contribution in [3.63, 3.8) is 0 Å². The smallest absolute Gasteiger partial charge is 0.0822 e. The van der Waals surface area contributed by atoms with E-state index in [1.54, 1.807) is 12.4 Å². The Morgan fingerprint density at radius 2 is 1.85 bits per heavy atom. The molecule has 0 aliphatic carbocycles. The Morgan fingerprint density at radius 3 is 2.56 bits per heavy atom. The van der Waals surface area contributed by atoms with Crippen LogP contribution in [0, 0.1) is 11.8 Å². The first kappa shape index (κ1) is 19.6. The minimum absolute atomic E-state index is 0.114. The fraction of sp³-hybridized carbons (Fsp3) is 0.292. The SMILES string of the molecule is CC(C)CC(C)C(O)C(=Cc1cccnc1)c1c(Cl)ccc2ccccc12. The Hall–Kier alpha value is -2.16. The predicted octanol–water partition coefficient (Wildman–Crippen LogP) is 6.47. The maximum absolute atomic E-state index is 11.3. The molecule has 0 fully saturated rings. The Morgan fingerprint density at radius 1 is 1.07 bits per heavy atom. The zero-order chi connectivity index (χ0) is 19.4. The van der Waals surface area contributed by atoms with Gasteiger partial charge in [-0.1, -0.05) is 68.8 Å². The van der Waals surface area contributed by atoms with E-state index in [-0.39, 0.29) is 5.92 Å². The van der Waals surface area contributed by atoms with E-state index in [1.165, 1.54) is 0 Å². The maximum Gasteiger partial charge on any atom is 0.0822 e. The third-order valence-corrected chi connectivity index (χ3v) is 5.19. The Kier molecular flexibility index (Phi) is 6.30. The topological polar surface area (TPSA) is 33.1 Å². The molecule has 2 atom stereocenters. The minimum Gasteiger partial charge on any atom is -0.388 e. The molecule has 1 heterocycles. The third-order valence-electron chi connectivity index (χ3n) is 4.87. The maximum atomic E-state index is 11.3. The molecule has 2 nitrogen and oxygen atoms in total. The van der Waals surface area contributed by atoms with Gasteiger partial charge in [-0.3, -0.25) is 4.98 Å². The minimum atomic E-state index is -0.615. The van der Waals surface area contributed by atoms with Crippen molar-refractivity contribution in [3.05, 3.63) is 77.1 Å². The van der Waals surface area contributed by atoms with Crippen LogP contribution in [0.2, 0.25) is 5.02 Å². The second-order valence-corrected chi connectivity index (χ2v) is 7.99. The molecular formula is C24H26ClNO. The lowest BCUT2D eigenvalue weighted by Crippen LogP contribution is -2.21. The molecule has 0 amide bonds. The van der Waals surface area contributed by atoms with Crippen molar-refractivity contribution in [2.24, 2.45) is 11.8 Å². The normalized spacial score (nSPS) is 14.5. The molecule has 3 rings (SSSR count). The molecule has 1 N–H and O–H groups in total. The molecule has 3 heteroatoms. The van der Waals surface area contributed by atoms with Crippen molar-refractivity contribution in [3.8, 4) is 0 Å². The predicted molar refractivity (Wildman–Crippen MR) is 116 cm³/mol. The highest BCUT2D eigenvalue weighted by Crippen LogP contribution is 2.37. The zero-order valence-corrected chi connectivity index (χ0v) is 16.8. The summed E-state index contributed by atoms with van der Waals surface area (Å²) in [4.78, 5) is 4.21. The number of hydrogen-bond donors (Lipinski definition) is 1. The number of hydrogen-bond acceptors (Lipinski definition) is 2. The van der Waals surface area contributed by atoms with Crippen molar-refractivity contribution in [2.45, 2.75) is 33.3 Å². The number of nitrogens with zero attached hydrogens (tertiary/aromatic N) is 1. The molecule has 1 aromatic heterocycles. The van der Waals surface area contributed by atoms with E-state index in [0.717, 1.165) is 33.9 Å². The van der Waals surface area contributed by atoms with Gasteiger partial charge in [0.2, 0.25) is 0 Å². The molecule has 0 aliphatic heterocycles. The first-order valence-electron chi connectivity index (χ1n) is 9.44. The number of aliphatic hydroxyl groups excluding tert-OH is 1. The van der Waals surface area contributed by atoms with Crippen LogP contribution in [0.1, 0.15) is 38.3 Å². The summed E-state index contributed by atoms with van der Waals surface area (Å²) in [6.07, 6.45) is 5.89. The van der Waals surface area contributed by atoms with Gasteiger partial charge < -0.3 is 5.11 Å². The number of halogens is 1. The van der Waals surface area contributed by atoms with Gasteiger partial charge in [-0.25, -0.2) is 0 Å². The number of fused-ring (bicyclic) bond motifs is 1. The van der Waals surface area contributed by atoms with Crippen molar-refractivity contribution in [1.29, 1.82) is 0 Å². The van der Waals surface area contributed by atoms with E-state index in [0.29, 0.717) is 10.9 Å². The zero-order valence-electron chi connectivity index (χ0n) is 16.1. The third kappa shape index (κ3) is 4.58. The summed E-state index contributed by atoms with van der Waals surface area (Å²) in [6, 6.07) is 16.0. The molecule has 0 bridgehead atoms. The van der Waals surface area contributed by atoms with E-state index < -0.39 is 6.10 Å². The van der Waals surface area contributed by atoms with Gasteiger partial charge in [0, 0.05) is 23.0 Å². The molecule has 2 unspecified atom stereocenters. The molecule has 0 saturated carbocycles. The highest BCUT2D eigenvalue weighted by Gasteiger charge is 2.24. The molecule has 140 valence electrons. The average molecular weight is 380 g/mol. The number of aliphatic hydroxyl groups is 1. The first-order valence-corrected chi connectivity index (χ1v) is 9.82. The van der Waals surface area contributed by atoms with Gasteiger partial charge in [0.05, 0.1) is 6.10 Å². The standard InChI is InChI=1S/C24H26ClNO/c1-16(2)13-17(3)24(27)21(14-18-7-6-12-26-15-18)23-20-9-5-4-8-19(20)10-11-22(23)25/h4-12,14-17,24,27H,13H2,1-3H3. The van der Waals surface area contributed by atoms with E-state index in [9.17, 15) is 5.11 Å². The Balaban J connectivity index is 2.19. The lowest BCUT2D eigenvalue weighted by molar-refractivity contribution is 0.157. The molecule has 0 radical (unpaired) electrons. The lowest BCUT2D eigenvalue weighted by Gasteiger charge is -2.25. The van der Waals surface area contributed by atoms with Gasteiger partial charge in [0.25, 0.3) is 0 Å². The molecule has 27 heavy (non-hydrogen) atoms. The highest BCUT2D eigenvalue weighted by molar-refractivity contribution is 6.34. The second kappa shape index (κ2) is 8.69. The number of pyridine rings is 1. The van der Waals surface area contributed by atoms with Crippen molar-refractivity contribution in [2.75, 3.05) is 0 Å². The molecule has 3 aromatic rings. The van der Waals surface area contributed by atoms with Crippen LogP contribution in [0.15, 0.2) is 60.9 Å². The van der Waals surface area contributed by atoms with Crippen LogP contribution < -0.4 is 0 Å². The van der Waals surface area contributed by atoms with Crippen molar-refractivity contribution >= 4 is 34.0 Å². The number of benzene rings is 2. The van der Waals surface area contributed by atoms with Crippen LogP contribution in [0.4, 0.5) is 0 Å². The van der Waals surface area contributed by atoms with Gasteiger partial charge in [-0.15, -0.1) is 0 Å². The second-order valence-electron chi connectivity index (χ2n) is 7.58. The first-order chi connectivity index (χ1) is 13.0. The van der Waals surface area contributed by atoms with E-state index in [1.807, 2.05) is 42.5 Å². The van der Waals surface area contributed by atoms with Crippen LogP contribution in [-0.2, 0) is 0 Å². The average Bonchev–Trinajstić information content (AvgIpc) is 2.66. The summed E-state index contributed by atoms with van der Waals surface area (Å²) in [5.41, 5.74) is 2.70. The summed E-state index contributed by atoms with van der Waals surface area (Å²) in [7, 11) is 0. The van der Waals surface area contributed by atoms with Crippen LogP contribution in [0.5, 0.6) is 0 Å². The van der Waals surface area contributed by atoms with Crippen LogP contribution in [0.25, 0.3) is 22.4 Å². The number of rotatable bonds is 6. The Bertz CT molecular complexity index is 934. The largest absolute Gasteiger partial charge is 0.388 e. The monoisotopic (exact) mass is 379 g/mol. The van der Waals surface area contributed by atoms with Gasteiger partial charge in [0.15, 0.2) is 0 Å². The van der Waals surface area contributed by atoms with Crippen LogP contribution >= 0.6 is 11.6 Å². The van der Waals surface area contributed by atoms with Crippen molar-refractivity contribution < 1.29 is 5.11 Å². The van der Waals surface area contributed by atoms with Gasteiger partial charge in [-0.2, -0.15) is 0 Å².